The van der Waals surface area contributed by atoms with Crippen molar-refractivity contribution in [1.82, 2.24) is 0 Å². The fourth-order valence-corrected chi connectivity index (χ4v) is 1.34. The van der Waals surface area contributed by atoms with Crippen LogP contribution in [-0.4, -0.2) is 13.2 Å². The van der Waals surface area contributed by atoms with E-state index in [1.807, 2.05) is 25.1 Å². The second-order valence-corrected chi connectivity index (χ2v) is 3.50. The Bertz CT molecular complexity index is 332. The van der Waals surface area contributed by atoms with Gasteiger partial charge in [0.1, 0.15) is 11.5 Å². The van der Waals surface area contributed by atoms with Crippen molar-refractivity contribution in [3.8, 4) is 11.5 Å². The molecule has 1 radical (unpaired) electrons. The van der Waals surface area contributed by atoms with Gasteiger partial charge in [0.25, 0.3) is 0 Å². The lowest BCUT2D eigenvalue weighted by Gasteiger charge is -2.09. The Morgan fingerprint density at radius 2 is 1.81 bits per heavy atom. The number of hydrogen-bond donors (Lipinski definition) is 0. The molecule has 0 N–H and O–H groups in total. The minimum absolute atomic E-state index is 0.648. The molecule has 0 aliphatic heterocycles. The second-order valence-electron chi connectivity index (χ2n) is 3.50. The average Bonchev–Trinajstić information content (AvgIpc) is 2.29. The zero-order chi connectivity index (χ0) is 11.8. The highest BCUT2D eigenvalue weighted by Crippen LogP contribution is 2.23. The van der Waals surface area contributed by atoms with Crippen LogP contribution in [0.2, 0.25) is 0 Å². The predicted octanol–water partition coefficient (Wildman–Crippen LogP) is 3.60. The lowest BCUT2D eigenvalue weighted by molar-refractivity contribution is 0.302. The highest BCUT2D eigenvalue weighted by Gasteiger charge is 2.01. The van der Waals surface area contributed by atoms with Crippen LogP contribution >= 0.6 is 0 Å². The first-order valence-electron chi connectivity index (χ1n) is 5.74. The summed E-state index contributed by atoms with van der Waals surface area (Å²) in [6.45, 7) is 9.12. The second kappa shape index (κ2) is 6.94. The SMILES string of the molecule is C=[C]c1cc(OCC)cc(OCCCC)c1. The quantitative estimate of drug-likeness (QED) is 0.652. The Kier molecular flexibility index (Phi) is 5.48. The first kappa shape index (κ1) is 12.6. The van der Waals surface area contributed by atoms with Crippen LogP contribution < -0.4 is 9.47 Å². The molecule has 2 nitrogen and oxygen atoms in total. The summed E-state index contributed by atoms with van der Waals surface area (Å²) in [5, 5.41) is 0. The summed E-state index contributed by atoms with van der Waals surface area (Å²) in [7, 11) is 0. The first-order valence-corrected chi connectivity index (χ1v) is 5.74. The van der Waals surface area contributed by atoms with E-state index >= 15 is 0 Å². The molecule has 0 aromatic heterocycles. The van der Waals surface area contributed by atoms with Crippen LogP contribution in [0.25, 0.3) is 0 Å². The van der Waals surface area contributed by atoms with E-state index in [0.29, 0.717) is 6.61 Å². The van der Waals surface area contributed by atoms with Crippen molar-refractivity contribution < 1.29 is 9.47 Å². The van der Waals surface area contributed by atoms with Gasteiger partial charge in [-0.1, -0.05) is 19.9 Å². The van der Waals surface area contributed by atoms with Gasteiger partial charge < -0.3 is 9.47 Å². The Morgan fingerprint density at radius 3 is 2.38 bits per heavy atom. The first-order chi connectivity index (χ1) is 7.80. The molecule has 0 heterocycles. The van der Waals surface area contributed by atoms with Gasteiger partial charge in [-0.3, -0.25) is 0 Å². The maximum absolute atomic E-state index is 5.63. The lowest BCUT2D eigenvalue weighted by atomic mass is 10.2. The van der Waals surface area contributed by atoms with E-state index in [-0.39, 0.29) is 0 Å². The summed E-state index contributed by atoms with van der Waals surface area (Å²) in [6.07, 6.45) is 5.04. The molecule has 1 rings (SSSR count). The summed E-state index contributed by atoms with van der Waals surface area (Å²) < 4.78 is 11.1. The molecule has 0 saturated carbocycles. The fraction of sp³-hybridized carbons (Fsp3) is 0.429. The maximum atomic E-state index is 5.63. The molecule has 0 saturated heterocycles. The highest BCUT2D eigenvalue weighted by atomic mass is 16.5. The molecule has 0 atom stereocenters. The minimum atomic E-state index is 0.648. The molecular formula is C14H19O2. The molecule has 0 aliphatic carbocycles. The molecule has 0 bridgehead atoms. The number of unbranched alkanes of at least 4 members (excludes halogenated alkanes) is 1. The summed E-state index contributed by atoms with van der Waals surface area (Å²) in [5.74, 6) is 1.63. The zero-order valence-corrected chi connectivity index (χ0v) is 10.1. The molecule has 87 valence electrons. The van der Waals surface area contributed by atoms with Gasteiger partial charge in [-0.05, 0) is 37.1 Å². The van der Waals surface area contributed by atoms with Crippen LogP contribution in [-0.2, 0) is 0 Å². The maximum Gasteiger partial charge on any atom is 0.123 e. The van der Waals surface area contributed by atoms with E-state index in [4.69, 9.17) is 9.47 Å². The van der Waals surface area contributed by atoms with Crippen molar-refractivity contribution in [1.29, 1.82) is 0 Å². The molecular weight excluding hydrogens is 200 g/mol. The van der Waals surface area contributed by atoms with Crippen LogP contribution in [0.3, 0.4) is 0 Å². The lowest BCUT2D eigenvalue weighted by Crippen LogP contribution is -1.98. The monoisotopic (exact) mass is 219 g/mol. The third-order valence-corrected chi connectivity index (χ3v) is 2.16. The average molecular weight is 219 g/mol. The fourth-order valence-electron chi connectivity index (χ4n) is 1.34. The van der Waals surface area contributed by atoms with Crippen molar-refractivity contribution in [3.05, 3.63) is 36.4 Å². The molecule has 0 unspecified atom stereocenters. The van der Waals surface area contributed by atoms with Crippen LogP contribution in [0.4, 0.5) is 0 Å². The van der Waals surface area contributed by atoms with Gasteiger partial charge in [-0.25, -0.2) is 0 Å². The zero-order valence-electron chi connectivity index (χ0n) is 10.1. The van der Waals surface area contributed by atoms with Crippen LogP contribution in [0, 0.1) is 6.08 Å². The highest BCUT2D eigenvalue weighted by molar-refractivity contribution is 5.40. The molecule has 16 heavy (non-hydrogen) atoms. The van der Waals surface area contributed by atoms with Crippen molar-refractivity contribution in [2.75, 3.05) is 13.2 Å². The summed E-state index contributed by atoms with van der Waals surface area (Å²) in [6, 6.07) is 5.73. The van der Waals surface area contributed by atoms with Crippen molar-refractivity contribution in [2.24, 2.45) is 0 Å². The molecule has 1 aromatic carbocycles. The predicted molar refractivity (Wildman–Crippen MR) is 66.0 cm³/mol. The van der Waals surface area contributed by atoms with E-state index in [1.54, 1.807) is 0 Å². The molecule has 0 fully saturated rings. The van der Waals surface area contributed by atoms with Crippen LogP contribution in [0.15, 0.2) is 24.8 Å². The van der Waals surface area contributed by atoms with Crippen LogP contribution in [0.5, 0.6) is 11.5 Å². The topological polar surface area (TPSA) is 18.5 Å². The Balaban J connectivity index is 2.73. The van der Waals surface area contributed by atoms with E-state index in [0.717, 1.165) is 36.5 Å². The summed E-state index contributed by atoms with van der Waals surface area (Å²) in [5.41, 5.74) is 0.900. The Morgan fingerprint density at radius 1 is 1.12 bits per heavy atom. The Labute approximate surface area is 97.9 Å². The standard InChI is InChI=1S/C14H19O2/c1-4-7-8-16-14-10-12(5-2)9-13(11-14)15-6-3/h9-11H,2,4,6-8H2,1,3H3. The van der Waals surface area contributed by atoms with E-state index < -0.39 is 0 Å². The molecule has 0 aliphatic rings. The van der Waals surface area contributed by atoms with Crippen molar-refractivity contribution in [3.63, 3.8) is 0 Å². The van der Waals surface area contributed by atoms with Crippen molar-refractivity contribution >= 4 is 0 Å². The summed E-state index contributed by atoms with van der Waals surface area (Å²) >= 11 is 0. The largest absolute Gasteiger partial charge is 0.494 e. The van der Waals surface area contributed by atoms with Gasteiger partial charge in [0.15, 0.2) is 0 Å². The van der Waals surface area contributed by atoms with Crippen LogP contribution in [0.1, 0.15) is 32.3 Å². The van der Waals surface area contributed by atoms with Gasteiger partial charge >= 0.3 is 0 Å². The number of ether oxygens (including phenoxy) is 2. The third-order valence-electron chi connectivity index (χ3n) is 2.16. The van der Waals surface area contributed by atoms with Gasteiger partial charge in [-0.15, -0.1) is 0 Å². The number of rotatable bonds is 7. The number of benzene rings is 1. The van der Waals surface area contributed by atoms with Gasteiger partial charge in [0.05, 0.1) is 13.2 Å². The molecule has 0 amide bonds. The van der Waals surface area contributed by atoms with E-state index in [9.17, 15) is 0 Å². The minimum Gasteiger partial charge on any atom is -0.494 e. The molecule has 0 spiro atoms. The molecule has 2 heteroatoms. The summed E-state index contributed by atoms with van der Waals surface area (Å²) in [4.78, 5) is 0. The normalized spacial score (nSPS) is 9.88. The van der Waals surface area contributed by atoms with E-state index in [1.165, 1.54) is 0 Å². The molecule has 1 aromatic rings. The van der Waals surface area contributed by atoms with Gasteiger partial charge in [0.2, 0.25) is 0 Å². The van der Waals surface area contributed by atoms with Crippen molar-refractivity contribution in [2.45, 2.75) is 26.7 Å². The number of hydrogen-bond acceptors (Lipinski definition) is 2. The van der Waals surface area contributed by atoms with Gasteiger partial charge in [-0.2, -0.15) is 0 Å². The van der Waals surface area contributed by atoms with E-state index in [2.05, 4.69) is 19.6 Å². The third kappa shape index (κ3) is 3.97. The van der Waals surface area contributed by atoms with Gasteiger partial charge in [0, 0.05) is 6.07 Å². The Hall–Kier alpha value is -1.44. The smallest absolute Gasteiger partial charge is 0.123 e.